The minimum absolute atomic E-state index is 0.0438. The molecule has 0 radical (unpaired) electrons. The first-order chi connectivity index (χ1) is 5.77. The van der Waals surface area contributed by atoms with E-state index in [1.807, 2.05) is 6.26 Å². The summed E-state index contributed by atoms with van der Waals surface area (Å²) in [6.07, 6.45) is 3.45. The van der Waals surface area contributed by atoms with Crippen molar-refractivity contribution in [3.05, 3.63) is 18.1 Å². The molecule has 0 saturated heterocycles. The number of hydrogen-bond donors (Lipinski definition) is 1. The molecule has 0 unspecified atom stereocenters. The number of carbonyl (C=O) groups excluding carboxylic acids is 1. The second kappa shape index (κ2) is 4.18. The number of aromatic nitrogens is 2. The third-order valence-corrected chi connectivity index (χ3v) is 1.92. The molecule has 1 aromatic rings. The Balaban J connectivity index is 2.93. The highest BCUT2D eigenvalue weighted by molar-refractivity contribution is 7.98. The molecular weight excluding hydrogens is 174 g/mol. The molecule has 12 heavy (non-hydrogen) atoms. The zero-order valence-corrected chi connectivity index (χ0v) is 7.47. The molecule has 64 valence electrons. The van der Waals surface area contributed by atoms with Crippen LogP contribution in [0.15, 0.2) is 17.3 Å². The fraction of sp³-hybridized carbons (Fsp3) is 0.286. The lowest BCUT2D eigenvalue weighted by Gasteiger charge is -1.97. The van der Waals surface area contributed by atoms with Crippen LogP contribution in [0.1, 0.15) is 10.6 Å². The number of hydrogen-bond acceptors (Lipinski definition) is 5. The molecule has 1 aromatic heterocycles. The van der Waals surface area contributed by atoms with E-state index < -0.39 is 0 Å². The minimum atomic E-state index is -0.231. The Morgan fingerprint density at radius 3 is 3.08 bits per heavy atom. The van der Waals surface area contributed by atoms with Crippen LogP contribution in [0.25, 0.3) is 0 Å². The summed E-state index contributed by atoms with van der Waals surface area (Å²) in [5.41, 5.74) is 5.16. The predicted octanol–water partition coefficient (Wildman–Crippen LogP) is 0.340. The van der Waals surface area contributed by atoms with E-state index in [9.17, 15) is 4.79 Å². The second-order valence-electron chi connectivity index (χ2n) is 2.05. The van der Waals surface area contributed by atoms with Gasteiger partial charge in [0.15, 0.2) is 5.82 Å². The zero-order chi connectivity index (χ0) is 8.97. The first-order valence-electron chi connectivity index (χ1n) is 3.38. The number of nitrogens with two attached hydrogens (primary N) is 1. The molecule has 0 aliphatic rings. The van der Waals surface area contributed by atoms with Gasteiger partial charge in [0.05, 0.1) is 11.6 Å². The van der Waals surface area contributed by atoms with Gasteiger partial charge in [0.2, 0.25) is 5.78 Å². The summed E-state index contributed by atoms with van der Waals surface area (Å²) < 4.78 is 0. The van der Waals surface area contributed by atoms with Crippen molar-refractivity contribution in [2.75, 3.05) is 12.8 Å². The van der Waals surface area contributed by atoms with E-state index in [2.05, 4.69) is 9.97 Å². The van der Waals surface area contributed by atoms with Gasteiger partial charge in [-0.3, -0.25) is 4.79 Å². The van der Waals surface area contributed by atoms with Crippen molar-refractivity contribution in [1.82, 2.24) is 9.97 Å². The number of thioether (sulfide) groups is 1. The van der Waals surface area contributed by atoms with E-state index in [1.54, 1.807) is 12.3 Å². The number of nitrogens with zero attached hydrogens (tertiary/aromatic N) is 2. The van der Waals surface area contributed by atoms with Crippen molar-refractivity contribution in [3.8, 4) is 0 Å². The summed E-state index contributed by atoms with van der Waals surface area (Å²) in [4.78, 5) is 18.8. The first-order valence-corrected chi connectivity index (χ1v) is 4.60. The summed E-state index contributed by atoms with van der Waals surface area (Å²) in [7, 11) is 0. The van der Waals surface area contributed by atoms with Gasteiger partial charge in [-0.25, -0.2) is 9.97 Å². The van der Waals surface area contributed by atoms with Gasteiger partial charge >= 0.3 is 0 Å². The van der Waals surface area contributed by atoms with Crippen LogP contribution in [0.5, 0.6) is 0 Å². The molecule has 0 saturated carbocycles. The minimum Gasteiger partial charge on any atom is -0.324 e. The molecule has 4 nitrogen and oxygen atoms in total. The van der Waals surface area contributed by atoms with Crippen molar-refractivity contribution in [1.29, 1.82) is 0 Å². The zero-order valence-electron chi connectivity index (χ0n) is 6.65. The fourth-order valence-electron chi connectivity index (χ4n) is 0.681. The van der Waals surface area contributed by atoms with Gasteiger partial charge < -0.3 is 5.73 Å². The molecule has 0 amide bonds. The highest BCUT2D eigenvalue weighted by Gasteiger charge is 2.06. The molecule has 0 atom stereocenters. The topological polar surface area (TPSA) is 68.9 Å². The molecule has 1 rings (SSSR count). The summed E-state index contributed by atoms with van der Waals surface area (Å²) in [5.74, 6) is -0.0322. The summed E-state index contributed by atoms with van der Waals surface area (Å²) in [5, 5.41) is 0.779. The standard InChI is InChI=1S/C7H9N3OS/c1-12-6-2-3-9-7(10-6)5(11)4-8/h2-3H,4,8H2,1H3. The predicted molar refractivity (Wildman–Crippen MR) is 47.2 cm³/mol. The molecule has 0 spiro atoms. The number of rotatable bonds is 3. The van der Waals surface area contributed by atoms with Crippen molar-refractivity contribution in [2.24, 2.45) is 5.73 Å². The smallest absolute Gasteiger partial charge is 0.213 e. The van der Waals surface area contributed by atoms with Crippen LogP contribution in [0, 0.1) is 0 Å². The lowest BCUT2D eigenvalue weighted by Crippen LogP contribution is -2.16. The molecule has 2 N–H and O–H groups in total. The average molecular weight is 183 g/mol. The van der Waals surface area contributed by atoms with Gasteiger partial charge in [-0.1, -0.05) is 0 Å². The summed E-state index contributed by atoms with van der Waals surface area (Å²) in [6, 6.07) is 1.75. The van der Waals surface area contributed by atoms with Crippen molar-refractivity contribution >= 4 is 17.5 Å². The van der Waals surface area contributed by atoms with Crippen LogP contribution in [0.2, 0.25) is 0 Å². The average Bonchev–Trinajstić information content (AvgIpc) is 2.17. The molecule has 0 aromatic carbocycles. The van der Waals surface area contributed by atoms with E-state index in [1.165, 1.54) is 11.8 Å². The molecule has 0 bridgehead atoms. The van der Waals surface area contributed by atoms with Gasteiger partial charge in [0, 0.05) is 6.20 Å². The Hall–Kier alpha value is -0.940. The van der Waals surface area contributed by atoms with Crippen LogP contribution < -0.4 is 5.73 Å². The lowest BCUT2D eigenvalue weighted by atomic mass is 10.4. The highest BCUT2D eigenvalue weighted by Crippen LogP contribution is 2.09. The monoisotopic (exact) mass is 183 g/mol. The van der Waals surface area contributed by atoms with E-state index in [-0.39, 0.29) is 18.2 Å². The first kappa shape index (κ1) is 9.15. The lowest BCUT2D eigenvalue weighted by molar-refractivity contribution is 0.0991. The maximum Gasteiger partial charge on any atom is 0.213 e. The van der Waals surface area contributed by atoms with Crippen LogP contribution in [-0.4, -0.2) is 28.6 Å². The Morgan fingerprint density at radius 1 is 1.75 bits per heavy atom. The fourth-order valence-corrected chi connectivity index (χ4v) is 1.06. The van der Waals surface area contributed by atoms with Crippen LogP contribution in [0.3, 0.4) is 0 Å². The molecule has 0 aliphatic carbocycles. The van der Waals surface area contributed by atoms with Gasteiger partial charge in [-0.15, -0.1) is 11.8 Å². The van der Waals surface area contributed by atoms with Crippen molar-refractivity contribution < 1.29 is 4.79 Å². The molecule has 5 heteroatoms. The maximum absolute atomic E-state index is 11.0. The molecular formula is C7H9N3OS. The van der Waals surface area contributed by atoms with E-state index in [0.29, 0.717) is 0 Å². The summed E-state index contributed by atoms with van der Waals surface area (Å²) in [6.45, 7) is -0.0438. The number of Topliss-reactive ketones (excluding diaryl/α,β-unsaturated/α-hetero) is 1. The second-order valence-corrected chi connectivity index (χ2v) is 2.88. The van der Waals surface area contributed by atoms with E-state index in [0.717, 1.165) is 5.03 Å². The Morgan fingerprint density at radius 2 is 2.50 bits per heavy atom. The van der Waals surface area contributed by atoms with Gasteiger partial charge in [-0.05, 0) is 12.3 Å². The van der Waals surface area contributed by atoms with Gasteiger partial charge in [0.25, 0.3) is 0 Å². The Labute approximate surface area is 74.6 Å². The number of carbonyl (C=O) groups is 1. The largest absolute Gasteiger partial charge is 0.324 e. The van der Waals surface area contributed by atoms with Crippen LogP contribution >= 0.6 is 11.8 Å². The molecule has 0 aliphatic heterocycles. The van der Waals surface area contributed by atoms with Crippen LogP contribution in [0.4, 0.5) is 0 Å². The van der Waals surface area contributed by atoms with Crippen LogP contribution in [-0.2, 0) is 0 Å². The van der Waals surface area contributed by atoms with Crippen molar-refractivity contribution in [3.63, 3.8) is 0 Å². The van der Waals surface area contributed by atoms with Gasteiger partial charge in [-0.2, -0.15) is 0 Å². The third-order valence-electron chi connectivity index (χ3n) is 1.27. The Kier molecular flexibility index (Phi) is 3.19. The third kappa shape index (κ3) is 2.02. The van der Waals surface area contributed by atoms with E-state index in [4.69, 9.17) is 5.73 Å². The normalized spacial score (nSPS) is 9.83. The van der Waals surface area contributed by atoms with E-state index >= 15 is 0 Å². The number of ketones is 1. The SMILES string of the molecule is CSc1ccnc(C(=O)CN)n1. The van der Waals surface area contributed by atoms with Crippen molar-refractivity contribution in [2.45, 2.75) is 5.03 Å². The molecule has 0 fully saturated rings. The summed E-state index contributed by atoms with van der Waals surface area (Å²) >= 11 is 1.47. The quantitative estimate of drug-likeness (QED) is 0.416. The maximum atomic E-state index is 11.0. The molecule has 1 heterocycles. The Bertz CT molecular complexity index is 290. The highest BCUT2D eigenvalue weighted by atomic mass is 32.2. The van der Waals surface area contributed by atoms with Gasteiger partial charge in [0.1, 0.15) is 0 Å².